The SMILES string of the molecule is CN1CC(=O)N2[C@H](c3ccc4c(c3)OCO4)c3cc4ccccn4c3C[C@@H]2C1=O. The quantitative estimate of drug-likeness (QED) is 0.639. The van der Waals surface area contributed by atoms with Crippen LogP contribution < -0.4 is 9.47 Å². The molecule has 5 heterocycles. The number of hydrogen-bond donors (Lipinski definition) is 0. The molecule has 0 spiro atoms. The molecule has 1 fully saturated rings. The molecule has 2 amide bonds. The molecule has 3 aliphatic heterocycles. The molecule has 1 aromatic carbocycles. The van der Waals surface area contributed by atoms with Crippen molar-refractivity contribution >= 4 is 17.3 Å². The van der Waals surface area contributed by atoms with E-state index in [0.717, 1.165) is 22.3 Å². The summed E-state index contributed by atoms with van der Waals surface area (Å²) in [5.41, 5.74) is 4.09. The number of carbonyl (C=O) groups is 2. The van der Waals surface area contributed by atoms with Gasteiger partial charge < -0.3 is 23.7 Å². The maximum absolute atomic E-state index is 13.1. The van der Waals surface area contributed by atoms with E-state index in [1.807, 2.05) is 42.6 Å². The average Bonchev–Trinajstić information content (AvgIpc) is 3.34. The van der Waals surface area contributed by atoms with Crippen LogP contribution in [-0.4, -0.2) is 52.4 Å². The molecule has 0 bridgehead atoms. The molecule has 0 radical (unpaired) electrons. The summed E-state index contributed by atoms with van der Waals surface area (Å²) in [6.07, 6.45) is 2.52. The molecule has 2 atom stereocenters. The Morgan fingerprint density at radius 1 is 1.03 bits per heavy atom. The van der Waals surface area contributed by atoms with E-state index in [4.69, 9.17) is 9.47 Å². The van der Waals surface area contributed by atoms with Crippen molar-refractivity contribution in [3.8, 4) is 11.5 Å². The highest BCUT2D eigenvalue weighted by atomic mass is 16.7. The lowest BCUT2D eigenvalue weighted by molar-refractivity contribution is -0.157. The molecular formula is C22H19N3O4. The molecule has 0 aliphatic carbocycles. The molecule has 3 aliphatic rings. The number of pyridine rings is 1. The lowest BCUT2D eigenvalue weighted by Gasteiger charge is -2.46. The van der Waals surface area contributed by atoms with Crippen molar-refractivity contribution in [2.24, 2.45) is 0 Å². The van der Waals surface area contributed by atoms with Crippen LogP contribution in [0.3, 0.4) is 0 Å². The summed E-state index contributed by atoms with van der Waals surface area (Å²) >= 11 is 0. The first kappa shape index (κ1) is 16.5. The summed E-state index contributed by atoms with van der Waals surface area (Å²) in [6.45, 7) is 0.290. The van der Waals surface area contributed by atoms with Gasteiger partial charge in [-0.15, -0.1) is 0 Å². The third kappa shape index (κ3) is 2.24. The highest BCUT2D eigenvalue weighted by Gasteiger charge is 2.47. The van der Waals surface area contributed by atoms with Crippen LogP contribution in [0, 0.1) is 0 Å². The minimum Gasteiger partial charge on any atom is -0.454 e. The number of piperazine rings is 1. The van der Waals surface area contributed by atoms with Crippen LogP contribution in [0.25, 0.3) is 5.52 Å². The van der Waals surface area contributed by atoms with Gasteiger partial charge in [0.1, 0.15) is 6.04 Å². The smallest absolute Gasteiger partial charge is 0.246 e. The molecule has 7 nitrogen and oxygen atoms in total. The third-order valence-corrected chi connectivity index (χ3v) is 6.15. The number of amides is 2. The molecule has 6 rings (SSSR count). The predicted molar refractivity (Wildman–Crippen MR) is 104 cm³/mol. The van der Waals surface area contributed by atoms with Gasteiger partial charge in [-0.2, -0.15) is 0 Å². The molecule has 0 N–H and O–H groups in total. The molecule has 7 heteroatoms. The molecule has 1 saturated heterocycles. The van der Waals surface area contributed by atoms with Crippen molar-refractivity contribution < 1.29 is 19.1 Å². The monoisotopic (exact) mass is 389 g/mol. The standard InChI is InChI=1S/C22H19N3O4/c1-23-11-20(26)25-17(22(23)27)10-16-15(9-14-4-2-3-7-24(14)16)21(25)13-5-6-18-19(8-13)29-12-28-18/h2-9,17,21H,10-12H2,1H3/t17-,21-/m1/s1. The molecule has 3 aromatic rings. The second-order valence-corrected chi connectivity index (χ2v) is 7.77. The number of fused-ring (bicyclic) bond motifs is 5. The fraction of sp³-hybridized carbons (Fsp3) is 0.273. The second kappa shape index (κ2) is 5.76. The number of rotatable bonds is 1. The number of nitrogens with zero attached hydrogens (tertiary/aromatic N) is 3. The summed E-state index contributed by atoms with van der Waals surface area (Å²) in [5.74, 6) is 1.31. The fourth-order valence-corrected chi connectivity index (χ4v) is 4.83. The van der Waals surface area contributed by atoms with Crippen LogP contribution in [0.2, 0.25) is 0 Å². The van der Waals surface area contributed by atoms with Crippen molar-refractivity contribution in [1.82, 2.24) is 14.2 Å². The minimum absolute atomic E-state index is 0.0214. The first-order chi connectivity index (χ1) is 14.1. The van der Waals surface area contributed by atoms with Gasteiger partial charge in [0.05, 0.1) is 12.6 Å². The Kier molecular flexibility index (Phi) is 3.27. The Morgan fingerprint density at radius 2 is 1.90 bits per heavy atom. The first-order valence-corrected chi connectivity index (χ1v) is 9.66. The number of hydrogen-bond acceptors (Lipinski definition) is 4. The molecule has 146 valence electrons. The maximum atomic E-state index is 13.1. The van der Waals surface area contributed by atoms with Crippen molar-refractivity contribution in [2.75, 3.05) is 20.4 Å². The van der Waals surface area contributed by atoms with Gasteiger partial charge in [-0.3, -0.25) is 9.59 Å². The van der Waals surface area contributed by atoms with Gasteiger partial charge in [0.15, 0.2) is 11.5 Å². The topological polar surface area (TPSA) is 63.5 Å². The fourth-order valence-electron chi connectivity index (χ4n) is 4.83. The van der Waals surface area contributed by atoms with E-state index in [0.29, 0.717) is 17.9 Å². The van der Waals surface area contributed by atoms with Gasteiger partial charge in [-0.1, -0.05) is 12.1 Å². The zero-order valence-electron chi connectivity index (χ0n) is 15.9. The zero-order valence-corrected chi connectivity index (χ0v) is 15.9. The van der Waals surface area contributed by atoms with E-state index in [1.54, 1.807) is 11.9 Å². The Morgan fingerprint density at radius 3 is 2.79 bits per heavy atom. The van der Waals surface area contributed by atoms with Gasteiger partial charge in [-0.25, -0.2) is 0 Å². The van der Waals surface area contributed by atoms with Crippen molar-refractivity contribution in [1.29, 1.82) is 0 Å². The summed E-state index contributed by atoms with van der Waals surface area (Å²) in [5, 5.41) is 0. The lowest BCUT2D eigenvalue weighted by Crippen LogP contribution is -2.62. The van der Waals surface area contributed by atoms with Crippen LogP contribution in [0.5, 0.6) is 11.5 Å². The Hall–Kier alpha value is -3.48. The number of ether oxygens (including phenoxy) is 2. The second-order valence-electron chi connectivity index (χ2n) is 7.77. The van der Waals surface area contributed by atoms with Gasteiger partial charge in [0, 0.05) is 36.4 Å². The third-order valence-electron chi connectivity index (χ3n) is 6.15. The maximum Gasteiger partial charge on any atom is 0.246 e. The summed E-state index contributed by atoms with van der Waals surface area (Å²) in [7, 11) is 1.69. The minimum atomic E-state index is -0.512. The van der Waals surface area contributed by atoms with Crippen molar-refractivity contribution in [3.63, 3.8) is 0 Å². The Labute approximate surface area is 167 Å². The Balaban J connectivity index is 1.59. The molecular weight excluding hydrogens is 370 g/mol. The van der Waals surface area contributed by atoms with E-state index in [1.165, 1.54) is 4.90 Å². The van der Waals surface area contributed by atoms with Crippen LogP contribution >= 0.6 is 0 Å². The molecule has 2 aromatic heterocycles. The molecule has 29 heavy (non-hydrogen) atoms. The highest BCUT2D eigenvalue weighted by molar-refractivity contribution is 5.96. The normalized spacial score (nSPS) is 22.8. The summed E-state index contributed by atoms with van der Waals surface area (Å²) in [6, 6.07) is 13.1. The number of benzene rings is 1. The van der Waals surface area contributed by atoms with Crippen molar-refractivity contribution in [3.05, 3.63) is 65.5 Å². The lowest BCUT2D eigenvalue weighted by atomic mass is 9.86. The van der Waals surface area contributed by atoms with Crippen LogP contribution in [0.15, 0.2) is 48.7 Å². The number of likely N-dealkylation sites (N-methyl/N-ethyl adjacent to an activating group) is 1. The predicted octanol–water partition coefficient (Wildman–Crippen LogP) is 1.98. The first-order valence-electron chi connectivity index (χ1n) is 9.66. The van der Waals surface area contributed by atoms with Gasteiger partial charge in [0.25, 0.3) is 0 Å². The molecule has 0 unspecified atom stereocenters. The van der Waals surface area contributed by atoms with E-state index >= 15 is 0 Å². The number of aromatic nitrogens is 1. The number of carbonyl (C=O) groups excluding carboxylic acids is 2. The van der Waals surface area contributed by atoms with Crippen LogP contribution in [0.4, 0.5) is 0 Å². The zero-order chi connectivity index (χ0) is 19.7. The highest BCUT2D eigenvalue weighted by Crippen LogP contribution is 2.44. The van der Waals surface area contributed by atoms with Crippen molar-refractivity contribution in [2.45, 2.75) is 18.5 Å². The van der Waals surface area contributed by atoms with E-state index in [2.05, 4.69) is 10.5 Å². The average molecular weight is 389 g/mol. The van der Waals surface area contributed by atoms with E-state index < -0.39 is 6.04 Å². The largest absolute Gasteiger partial charge is 0.454 e. The van der Waals surface area contributed by atoms with Gasteiger partial charge in [-0.05, 0) is 35.9 Å². The summed E-state index contributed by atoms with van der Waals surface area (Å²) in [4.78, 5) is 29.4. The van der Waals surface area contributed by atoms with E-state index in [-0.39, 0.29) is 31.2 Å². The van der Waals surface area contributed by atoms with Gasteiger partial charge in [0.2, 0.25) is 18.6 Å². The summed E-state index contributed by atoms with van der Waals surface area (Å²) < 4.78 is 13.1. The Bertz CT molecular complexity index is 1180. The molecule has 0 saturated carbocycles. The van der Waals surface area contributed by atoms with E-state index in [9.17, 15) is 9.59 Å². The van der Waals surface area contributed by atoms with Crippen LogP contribution in [0.1, 0.15) is 22.9 Å². The van der Waals surface area contributed by atoms with Crippen LogP contribution in [-0.2, 0) is 16.0 Å². The van der Waals surface area contributed by atoms with Gasteiger partial charge >= 0.3 is 0 Å².